The Morgan fingerprint density at radius 3 is 2.56 bits per heavy atom. The molecule has 0 saturated heterocycles. The molecule has 0 atom stereocenters. The average Bonchev–Trinajstić information content (AvgIpc) is 3.28. The fraction of sp³-hybridized carbons (Fsp3) is 0.241. The summed E-state index contributed by atoms with van der Waals surface area (Å²) in [5, 5.41) is 25.4. The molecule has 0 unspecified atom stereocenters. The minimum Gasteiger partial charge on any atom is -0.493 e. The first-order valence-electron chi connectivity index (χ1n) is 12.2. The quantitative estimate of drug-likeness (QED) is 0.235. The minimum absolute atomic E-state index is 0.134. The molecule has 1 heterocycles. The molecule has 198 valence electrons. The molecule has 1 aliphatic rings. The van der Waals surface area contributed by atoms with Crippen molar-refractivity contribution in [3.63, 3.8) is 0 Å². The zero-order valence-corrected chi connectivity index (χ0v) is 23.8. The summed E-state index contributed by atoms with van der Waals surface area (Å²) in [6.45, 7) is 1.71. The van der Waals surface area contributed by atoms with Gasteiger partial charge in [-0.15, -0.1) is 11.3 Å². The number of benzene rings is 2. The van der Waals surface area contributed by atoms with Gasteiger partial charge in [0.2, 0.25) is 0 Å². The van der Waals surface area contributed by atoms with Gasteiger partial charge >= 0.3 is 0 Å². The normalized spacial score (nSPS) is 12.5. The van der Waals surface area contributed by atoms with Crippen molar-refractivity contribution in [3.8, 4) is 23.6 Å². The van der Waals surface area contributed by atoms with Gasteiger partial charge in [-0.1, -0.05) is 17.7 Å². The van der Waals surface area contributed by atoms with E-state index in [1.807, 2.05) is 37.3 Å². The van der Waals surface area contributed by atoms with E-state index in [0.717, 1.165) is 41.7 Å². The molecule has 0 bridgehead atoms. The first kappa shape index (κ1) is 27.9. The Balaban J connectivity index is 1.49. The number of rotatable bonds is 8. The molecule has 1 aliphatic carbocycles. The van der Waals surface area contributed by atoms with Crippen molar-refractivity contribution >= 4 is 55.8 Å². The Bertz CT molecular complexity index is 1530. The number of nitrogens with one attached hydrogen (secondary N) is 2. The third-order valence-corrected chi connectivity index (χ3v) is 7.92. The van der Waals surface area contributed by atoms with Crippen LogP contribution in [0.4, 0.5) is 10.7 Å². The Labute approximate surface area is 239 Å². The van der Waals surface area contributed by atoms with Crippen molar-refractivity contribution in [1.29, 1.82) is 10.5 Å². The topological polar surface area (TPSA) is 124 Å². The number of hydrogen-bond donors (Lipinski definition) is 2. The molecular weight excluding hydrogens is 580 g/mol. The van der Waals surface area contributed by atoms with Gasteiger partial charge in [0.1, 0.15) is 22.7 Å². The molecule has 2 aromatic carbocycles. The minimum atomic E-state index is -0.601. The van der Waals surface area contributed by atoms with E-state index < -0.39 is 5.91 Å². The number of anilines is 2. The number of carbonyl (C=O) groups excluding carboxylic acids is 2. The molecule has 0 radical (unpaired) electrons. The number of fused-ring (bicyclic) bond motifs is 1. The number of ether oxygens (including phenoxy) is 2. The highest BCUT2D eigenvalue weighted by Gasteiger charge is 2.23. The molecule has 0 fully saturated rings. The molecule has 3 aromatic rings. The van der Waals surface area contributed by atoms with Crippen molar-refractivity contribution in [1.82, 2.24) is 0 Å². The number of thiophene rings is 1. The van der Waals surface area contributed by atoms with Crippen molar-refractivity contribution in [3.05, 3.63) is 73.6 Å². The van der Waals surface area contributed by atoms with E-state index in [-0.39, 0.29) is 18.1 Å². The highest BCUT2D eigenvalue weighted by Crippen LogP contribution is 2.39. The first-order valence-corrected chi connectivity index (χ1v) is 13.8. The predicted octanol–water partition coefficient (Wildman–Crippen LogP) is 6.14. The van der Waals surface area contributed by atoms with Gasteiger partial charge in [0, 0.05) is 10.6 Å². The second-order valence-electron chi connectivity index (χ2n) is 8.89. The van der Waals surface area contributed by atoms with Crippen LogP contribution < -0.4 is 20.1 Å². The summed E-state index contributed by atoms with van der Waals surface area (Å²) >= 11 is 4.83. The summed E-state index contributed by atoms with van der Waals surface area (Å²) in [6.07, 6.45) is 5.21. The van der Waals surface area contributed by atoms with Crippen LogP contribution in [0.15, 0.2) is 46.4 Å². The highest BCUT2D eigenvalue weighted by molar-refractivity contribution is 9.10. The summed E-state index contributed by atoms with van der Waals surface area (Å²) < 4.78 is 11.6. The van der Waals surface area contributed by atoms with Gasteiger partial charge in [-0.2, -0.15) is 10.5 Å². The van der Waals surface area contributed by atoms with E-state index in [4.69, 9.17) is 9.47 Å². The fourth-order valence-electron chi connectivity index (χ4n) is 4.19. The van der Waals surface area contributed by atoms with E-state index in [0.29, 0.717) is 37.8 Å². The Morgan fingerprint density at radius 1 is 1.13 bits per heavy atom. The van der Waals surface area contributed by atoms with Gasteiger partial charge in [-0.25, -0.2) is 0 Å². The Kier molecular flexibility index (Phi) is 9.03. The first-order chi connectivity index (χ1) is 18.8. The number of nitriles is 2. The number of carbonyl (C=O) groups is 2. The average molecular weight is 606 g/mol. The number of aryl methyl sites for hydroxylation is 2. The standard InChI is InChI=1S/C29H25BrN4O4S/c1-17-7-9-20(10-8-17)33-26(35)16-38-27-23(30)12-18(13-24(27)37-2)11-19(14-31)28(36)34-29-22(15-32)21-5-3-4-6-25(21)39-29/h7-13H,3-6,16H2,1-2H3,(H,33,35)(H,34,36)/b19-11+. The Hall–Kier alpha value is -4.12. The molecule has 1 aromatic heterocycles. The van der Waals surface area contributed by atoms with Gasteiger partial charge in [0.15, 0.2) is 18.1 Å². The van der Waals surface area contributed by atoms with Crippen molar-refractivity contribution < 1.29 is 19.1 Å². The van der Waals surface area contributed by atoms with Crippen LogP contribution in [0.2, 0.25) is 0 Å². The summed E-state index contributed by atoms with van der Waals surface area (Å²) in [4.78, 5) is 26.4. The summed E-state index contributed by atoms with van der Waals surface area (Å²) in [6, 6.07) is 14.8. The van der Waals surface area contributed by atoms with Crippen LogP contribution in [-0.2, 0) is 22.4 Å². The van der Waals surface area contributed by atoms with Gasteiger partial charge < -0.3 is 20.1 Å². The van der Waals surface area contributed by atoms with Gasteiger partial charge in [-0.05, 0) is 90.0 Å². The third-order valence-electron chi connectivity index (χ3n) is 6.12. The lowest BCUT2D eigenvalue weighted by Gasteiger charge is -2.14. The molecule has 0 spiro atoms. The van der Waals surface area contributed by atoms with Crippen LogP contribution >= 0.6 is 27.3 Å². The molecule has 2 amide bonds. The fourth-order valence-corrected chi connectivity index (χ4v) is 6.00. The number of hydrogen-bond acceptors (Lipinski definition) is 7. The molecule has 39 heavy (non-hydrogen) atoms. The molecule has 10 heteroatoms. The maximum Gasteiger partial charge on any atom is 0.266 e. The van der Waals surface area contributed by atoms with Crippen LogP contribution in [-0.4, -0.2) is 25.5 Å². The molecule has 4 rings (SSSR count). The second kappa shape index (κ2) is 12.6. The van der Waals surface area contributed by atoms with Crippen LogP contribution in [0.1, 0.15) is 40.0 Å². The molecule has 0 aliphatic heterocycles. The summed E-state index contributed by atoms with van der Waals surface area (Å²) in [7, 11) is 1.45. The van der Waals surface area contributed by atoms with Crippen molar-refractivity contribution in [2.75, 3.05) is 24.4 Å². The predicted molar refractivity (Wildman–Crippen MR) is 154 cm³/mol. The summed E-state index contributed by atoms with van der Waals surface area (Å²) in [5.74, 6) is -0.323. The number of methoxy groups -OCH3 is 1. The molecule has 2 N–H and O–H groups in total. The maximum absolute atomic E-state index is 13.0. The highest BCUT2D eigenvalue weighted by atomic mass is 79.9. The lowest BCUT2D eigenvalue weighted by Crippen LogP contribution is -2.20. The van der Waals surface area contributed by atoms with E-state index >= 15 is 0 Å². The molecule has 0 saturated carbocycles. The van der Waals surface area contributed by atoms with Crippen LogP contribution in [0.25, 0.3) is 6.08 Å². The number of nitrogens with zero attached hydrogens (tertiary/aromatic N) is 2. The monoisotopic (exact) mass is 604 g/mol. The zero-order valence-electron chi connectivity index (χ0n) is 21.4. The largest absolute Gasteiger partial charge is 0.493 e. The van der Waals surface area contributed by atoms with E-state index in [1.54, 1.807) is 12.1 Å². The Morgan fingerprint density at radius 2 is 1.87 bits per heavy atom. The maximum atomic E-state index is 13.0. The van der Waals surface area contributed by atoms with E-state index in [9.17, 15) is 20.1 Å². The number of halogens is 1. The van der Waals surface area contributed by atoms with Crippen LogP contribution in [0.3, 0.4) is 0 Å². The van der Waals surface area contributed by atoms with Crippen LogP contribution in [0.5, 0.6) is 11.5 Å². The third kappa shape index (κ3) is 6.66. The van der Waals surface area contributed by atoms with Crippen molar-refractivity contribution in [2.24, 2.45) is 0 Å². The molecular formula is C29H25BrN4O4S. The van der Waals surface area contributed by atoms with Crippen molar-refractivity contribution in [2.45, 2.75) is 32.6 Å². The summed E-state index contributed by atoms with van der Waals surface area (Å²) in [5.41, 5.74) is 3.60. The number of amides is 2. The SMILES string of the molecule is COc1cc(/C=C(\C#N)C(=O)Nc2sc3c(c2C#N)CCCC3)cc(Br)c1OCC(=O)Nc1ccc(C)cc1. The second-order valence-corrected chi connectivity index (χ2v) is 10.8. The van der Waals surface area contributed by atoms with Gasteiger partial charge in [0.05, 0.1) is 17.1 Å². The zero-order chi connectivity index (χ0) is 27.9. The molecule has 8 nitrogen and oxygen atoms in total. The lowest BCUT2D eigenvalue weighted by atomic mass is 9.96. The lowest BCUT2D eigenvalue weighted by molar-refractivity contribution is -0.118. The van der Waals surface area contributed by atoms with E-state index in [2.05, 4.69) is 32.6 Å². The van der Waals surface area contributed by atoms with Crippen LogP contribution in [0, 0.1) is 29.6 Å². The van der Waals surface area contributed by atoms with Gasteiger partial charge in [0.25, 0.3) is 11.8 Å². The van der Waals surface area contributed by atoms with E-state index in [1.165, 1.54) is 24.5 Å². The smallest absolute Gasteiger partial charge is 0.266 e. The van der Waals surface area contributed by atoms with Gasteiger partial charge in [-0.3, -0.25) is 9.59 Å².